The average Bonchev–Trinajstić information content (AvgIpc) is 2.38. The molecule has 20 heavy (non-hydrogen) atoms. The number of oxime groups is 1. The fraction of sp³-hybridized carbons (Fsp3) is 0.438. The lowest BCUT2D eigenvalue weighted by Crippen LogP contribution is -2.09. The predicted octanol–water partition coefficient (Wildman–Crippen LogP) is 3.66. The Bertz CT molecular complexity index is 469. The van der Waals surface area contributed by atoms with Crippen molar-refractivity contribution in [2.45, 2.75) is 27.7 Å². The van der Waals surface area contributed by atoms with Gasteiger partial charge in [0.15, 0.2) is 0 Å². The topological polar surface area (TPSA) is 40.0 Å². The highest BCUT2D eigenvalue weighted by atomic mass is 16.6. The molecule has 0 spiro atoms. The van der Waals surface area contributed by atoms with Gasteiger partial charge in [0.25, 0.3) is 0 Å². The van der Waals surface area contributed by atoms with Crippen molar-refractivity contribution in [3.05, 3.63) is 35.4 Å². The van der Waals surface area contributed by atoms with Gasteiger partial charge in [0.2, 0.25) is 0 Å². The highest BCUT2D eigenvalue weighted by Crippen LogP contribution is 2.28. The Morgan fingerprint density at radius 3 is 2.40 bits per heavy atom. The maximum atomic E-state index is 5.78. The molecular weight excluding hydrogens is 254 g/mol. The highest BCUT2D eigenvalue weighted by Gasteiger charge is 2.08. The Kier molecular flexibility index (Phi) is 6.64. The molecule has 0 fully saturated rings. The minimum atomic E-state index is 0.411. The fourth-order valence-electron chi connectivity index (χ4n) is 1.82. The van der Waals surface area contributed by atoms with E-state index in [0.29, 0.717) is 13.2 Å². The molecule has 0 amide bonds. The molecule has 0 aliphatic heterocycles. The molecule has 0 saturated heterocycles. The van der Waals surface area contributed by atoms with Crippen LogP contribution < -0.4 is 9.47 Å². The average molecular weight is 277 g/mol. The molecule has 4 nitrogen and oxygen atoms in total. The molecule has 0 aliphatic rings. The van der Waals surface area contributed by atoms with Crippen molar-refractivity contribution < 1.29 is 14.3 Å². The number of benzene rings is 1. The van der Waals surface area contributed by atoms with Crippen LogP contribution in [-0.4, -0.2) is 26.0 Å². The van der Waals surface area contributed by atoms with Crippen molar-refractivity contribution in [2.75, 3.05) is 20.3 Å². The van der Waals surface area contributed by atoms with Crippen molar-refractivity contribution in [1.82, 2.24) is 0 Å². The molecular formula is C16H23NO3. The van der Waals surface area contributed by atoms with Crippen molar-refractivity contribution in [3.8, 4) is 11.5 Å². The summed E-state index contributed by atoms with van der Waals surface area (Å²) in [7, 11) is 1.52. The summed E-state index contributed by atoms with van der Waals surface area (Å²) < 4.78 is 11.4. The van der Waals surface area contributed by atoms with Crippen LogP contribution in [-0.2, 0) is 4.84 Å². The molecule has 4 heteroatoms. The third-order valence-corrected chi connectivity index (χ3v) is 2.69. The van der Waals surface area contributed by atoms with Crippen LogP contribution in [0.1, 0.15) is 25.0 Å². The van der Waals surface area contributed by atoms with Crippen molar-refractivity contribution in [1.29, 1.82) is 0 Å². The third kappa shape index (κ3) is 4.96. The summed E-state index contributed by atoms with van der Waals surface area (Å²) >= 11 is 0. The van der Waals surface area contributed by atoms with Crippen LogP contribution in [0.25, 0.3) is 0 Å². The van der Waals surface area contributed by atoms with Gasteiger partial charge in [-0.05, 0) is 51.0 Å². The second-order valence-corrected chi connectivity index (χ2v) is 4.56. The van der Waals surface area contributed by atoms with Gasteiger partial charge in [0.1, 0.15) is 31.8 Å². The van der Waals surface area contributed by atoms with Gasteiger partial charge in [-0.25, -0.2) is 0 Å². The first-order valence-corrected chi connectivity index (χ1v) is 6.63. The summed E-state index contributed by atoms with van der Waals surface area (Å²) in [4.78, 5) is 4.71. The summed E-state index contributed by atoms with van der Waals surface area (Å²) in [6, 6.07) is 3.96. The van der Waals surface area contributed by atoms with Crippen molar-refractivity contribution in [2.24, 2.45) is 5.16 Å². The lowest BCUT2D eigenvalue weighted by atomic mass is 10.1. The van der Waals surface area contributed by atoms with Crippen molar-refractivity contribution in [3.63, 3.8) is 0 Å². The van der Waals surface area contributed by atoms with Crippen LogP contribution in [0.2, 0.25) is 0 Å². The van der Waals surface area contributed by atoms with Gasteiger partial charge < -0.3 is 14.3 Å². The molecule has 0 bridgehead atoms. The SMILES string of the molecule is C/C=C/COc1cc(C)c(OCC(C)=NOC)c(C)c1. The van der Waals surface area contributed by atoms with Gasteiger partial charge in [-0.1, -0.05) is 17.3 Å². The number of rotatable bonds is 7. The standard InChI is InChI=1S/C16H23NO3/c1-6-7-8-19-15-9-12(2)16(13(3)10-15)20-11-14(4)17-18-5/h6-7,9-10H,8,11H2,1-5H3/b7-6+,17-14?. The smallest absolute Gasteiger partial charge is 0.129 e. The normalized spacial score (nSPS) is 11.8. The zero-order valence-corrected chi connectivity index (χ0v) is 12.9. The van der Waals surface area contributed by atoms with E-state index in [-0.39, 0.29) is 0 Å². The minimum absolute atomic E-state index is 0.411. The molecule has 0 N–H and O–H groups in total. The number of allylic oxidation sites excluding steroid dienone is 1. The second-order valence-electron chi connectivity index (χ2n) is 4.56. The van der Waals surface area contributed by atoms with Gasteiger partial charge in [0, 0.05) is 0 Å². The maximum absolute atomic E-state index is 5.78. The van der Waals surface area contributed by atoms with Gasteiger partial charge >= 0.3 is 0 Å². The van der Waals surface area contributed by atoms with Gasteiger partial charge in [-0.2, -0.15) is 0 Å². The van der Waals surface area contributed by atoms with E-state index in [1.54, 1.807) is 0 Å². The molecule has 1 rings (SSSR count). The molecule has 0 atom stereocenters. The summed E-state index contributed by atoms with van der Waals surface area (Å²) in [5.74, 6) is 1.72. The van der Waals surface area contributed by atoms with E-state index in [1.165, 1.54) is 7.11 Å². The molecule has 0 heterocycles. The molecule has 1 aromatic rings. The zero-order chi connectivity index (χ0) is 15.0. The third-order valence-electron chi connectivity index (χ3n) is 2.69. The monoisotopic (exact) mass is 277 g/mol. The minimum Gasteiger partial charge on any atom is -0.490 e. The van der Waals surface area contributed by atoms with Crippen LogP contribution >= 0.6 is 0 Å². The molecule has 110 valence electrons. The van der Waals surface area contributed by atoms with Crippen LogP contribution in [0.3, 0.4) is 0 Å². The summed E-state index contributed by atoms with van der Waals surface area (Å²) in [5.41, 5.74) is 2.89. The number of hydrogen-bond acceptors (Lipinski definition) is 4. The summed E-state index contributed by atoms with van der Waals surface area (Å²) in [5, 5.41) is 3.83. The Hall–Kier alpha value is -1.97. The number of hydrogen-bond donors (Lipinski definition) is 0. The van der Waals surface area contributed by atoms with E-state index < -0.39 is 0 Å². The fourth-order valence-corrected chi connectivity index (χ4v) is 1.82. The molecule has 0 unspecified atom stereocenters. The van der Waals surface area contributed by atoms with Crippen molar-refractivity contribution >= 4 is 5.71 Å². The Balaban J connectivity index is 2.76. The van der Waals surface area contributed by atoms with Gasteiger partial charge in [0.05, 0.1) is 5.71 Å². The highest BCUT2D eigenvalue weighted by molar-refractivity contribution is 5.82. The molecule has 0 saturated carbocycles. The predicted molar refractivity (Wildman–Crippen MR) is 81.8 cm³/mol. The molecule has 1 aromatic carbocycles. The van der Waals surface area contributed by atoms with E-state index in [1.807, 2.05) is 52.0 Å². The largest absolute Gasteiger partial charge is 0.490 e. The zero-order valence-electron chi connectivity index (χ0n) is 12.9. The summed E-state index contributed by atoms with van der Waals surface area (Å²) in [6.45, 7) is 8.84. The lowest BCUT2D eigenvalue weighted by molar-refractivity contribution is 0.209. The molecule has 0 radical (unpaired) electrons. The van der Waals surface area contributed by atoms with Crippen LogP contribution in [0.4, 0.5) is 0 Å². The van der Waals surface area contributed by atoms with E-state index in [4.69, 9.17) is 14.3 Å². The summed E-state index contributed by atoms with van der Waals surface area (Å²) in [6.07, 6.45) is 3.94. The second kappa shape index (κ2) is 8.25. The first-order chi connectivity index (χ1) is 9.58. The van der Waals surface area contributed by atoms with E-state index in [2.05, 4.69) is 5.16 Å². The Morgan fingerprint density at radius 1 is 1.20 bits per heavy atom. The molecule has 0 aliphatic carbocycles. The first kappa shape index (κ1) is 16.1. The van der Waals surface area contributed by atoms with Crippen LogP contribution in [0.15, 0.2) is 29.4 Å². The Labute approximate surface area is 121 Å². The number of aryl methyl sites for hydroxylation is 2. The number of nitrogens with zero attached hydrogens (tertiary/aromatic N) is 1. The maximum Gasteiger partial charge on any atom is 0.129 e. The van der Waals surface area contributed by atoms with Crippen LogP contribution in [0.5, 0.6) is 11.5 Å². The molecule has 0 aromatic heterocycles. The van der Waals surface area contributed by atoms with Gasteiger partial charge in [-0.15, -0.1) is 0 Å². The quantitative estimate of drug-likeness (QED) is 0.434. The van der Waals surface area contributed by atoms with E-state index >= 15 is 0 Å². The van der Waals surface area contributed by atoms with Crippen LogP contribution in [0, 0.1) is 13.8 Å². The lowest BCUT2D eigenvalue weighted by Gasteiger charge is -2.14. The van der Waals surface area contributed by atoms with E-state index in [0.717, 1.165) is 28.3 Å². The van der Waals surface area contributed by atoms with E-state index in [9.17, 15) is 0 Å². The Morgan fingerprint density at radius 2 is 1.85 bits per heavy atom. The first-order valence-electron chi connectivity index (χ1n) is 6.63. The van der Waals surface area contributed by atoms with Gasteiger partial charge in [-0.3, -0.25) is 0 Å². The number of ether oxygens (including phenoxy) is 2.